The summed E-state index contributed by atoms with van der Waals surface area (Å²) in [5, 5.41) is 14.2. The van der Waals surface area contributed by atoms with Crippen LogP contribution in [0.15, 0.2) is 29.4 Å². The van der Waals surface area contributed by atoms with Gasteiger partial charge < -0.3 is 5.11 Å². The fourth-order valence-corrected chi connectivity index (χ4v) is 2.59. The molecule has 0 spiro atoms. The predicted octanol–water partition coefficient (Wildman–Crippen LogP) is 4.03. The third kappa shape index (κ3) is 3.61. The van der Waals surface area contributed by atoms with Crippen molar-refractivity contribution in [2.75, 3.05) is 0 Å². The molecule has 4 nitrogen and oxygen atoms in total. The Bertz CT molecular complexity index is 626. The highest BCUT2D eigenvalue weighted by atomic mass is 19.4. The number of hydrazone groups is 1. The van der Waals surface area contributed by atoms with E-state index in [9.17, 15) is 23.1 Å². The monoisotopic (exact) mass is 342 g/mol. The van der Waals surface area contributed by atoms with E-state index in [4.69, 9.17) is 0 Å². The van der Waals surface area contributed by atoms with Crippen LogP contribution in [0.4, 0.5) is 13.2 Å². The van der Waals surface area contributed by atoms with Gasteiger partial charge >= 0.3 is 6.18 Å². The first kappa shape index (κ1) is 18.4. The lowest BCUT2D eigenvalue weighted by molar-refractivity contribution is -0.297. The van der Waals surface area contributed by atoms with E-state index < -0.39 is 24.2 Å². The second-order valence-corrected chi connectivity index (χ2v) is 6.10. The number of amides is 1. The second kappa shape index (κ2) is 6.93. The molecule has 1 N–H and O–H groups in total. The van der Waals surface area contributed by atoms with Crippen molar-refractivity contribution in [2.24, 2.45) is 5.10 Å². The first-order valence-corrected chi connectivity index (χ1v) is 7.95. The molecule has 0 saturated heterocycles. The Morgan fingerprint density at radius 3 is 2.46 bits per heavy atom. The zero-order valence-electron chi connectivity index (χ0n) is 13.7. The van der Waals surface area contributed by atoms with Crippen LogP contribution in [0.1, 0.15) is 54.9 Å². The minimum absolute atomic E-state index is 0.0573. The Kier molecular flexibility index (Phi) is 5.32. The molecule has 132 valence electrons. The Hall–Kier alpha value is -1.89. The van der Waals surface area contributed by atoms with E-state index in [2.05, 4.69) is 5.10 Å². The highest BCUT2D eigenvalue weighted by Gasteiger charge is 2.63. The Morgan fingerprint density at radius 2 is 1.92 bits per heavy atom. The van der Waals surface area contributed by atoms with Gasteiger partial charge in [0.15, 0.2) is 0 Å². The zero-order chi connectivity index (χ0) is 18.0. The molecule has 0 fully saturated rings. The number of benzene rings is 1. The topological polar surface area (TPSA) is 52.9 Å². The molecule has 1 atom stereocenters. The summed E-state index contributed by atoms with van der Waals surface area (Å²) in [7, 11) is 0. The van der Waals surface area contributed by atoms with E-state index in [1.807, 2.05) is 6.92 Å². The van der Waals surface area contributed by atoms with Crippen molar-refractivity contribution in [3.05, 3.63) is 35.4 Å². The first-order valence-electron chi connectivity index (χ1n) is 7.95. The van der Waals surface area contributed by atoms with E-state index in [0.717, 1.165) is 18.4 Å². The summed E-state index contributed by atoms with van der Waals surface area (Å²) in [4.78, 5) is 12.5. The predicted molar refractivity (Wildman–Crippen MR) is 84.5 cm³/mol. The molecule has 1 amide bonds. The van der Waals surface area contributed by atoms with Crippen LogP contribution < -0.4 is 0 Å². The van der Waals surface area contributed by atoms with Gasteiger partial charge in [-0.2, -0.15) is 23.3 Å². The molecule has 1 heterocycles. The molecule has 0 unspecified atom stereocenters. The van der Waals surface area contributed by atoms with Crippen molar-refractivity contribution < 1.29 is 23.1 Å². The van der Waals surface area contributed by atoms with Crippen LogP contribution in [0.5, 0.6) is 0 Å². The van der Waals surface area contributed by atoms with Gasteiger partial charge in [0.2, 0.25) is 0 Å². The summed E-state index contributed by atoms with van der Waals surface area (Å²) in [6, 6.07) is 6.11. The van der Waals surface area contributed by atoms with Crippen LogP contribution in [0.25, 0.3) is 0 Å². The molecule has 2 rings (SSSR count). The first-order chi connectivity index (χ1) is 11.2. The molecule has 0 saturated carbocycles. The third-order valence-electron chi connectivity index (χ3n) is 4.06. The number of aliphatic hydroxyl groups is 1. The number of halogens is 3. The Morgan fingerprint density at radius 1 is 1.29 bits per heavy atom. The smallest absolute Gasteiger partial charge is 0.362 e. The minimum Gasteiger partial charge on any atom is -0.362 e. The number of hydrogen-bond acceptors (Lipinski definition) is 3. The quantitative estimate of drug-likeness (QED) is 0.822. The molecule has 1 aliphatic rings. The van der Waals surface area contributed by atoms with Gasteiger partial charge in [0.05, 0.1) is 0 Å². The number of aryl methyl sites for hydroxylation is 1. The maximum atomic E-state index is 13.4. The van der Waals surface area contributed by atoms with Crippen molar-refractivity contribution >= 4 is 11.6 Å². The van der Waals surface area contributed by atoms with Crippen LogP contribution in [-0.4, -0.2) is 33.6 Å². The summed E-state index contributed by atoms with van der Waals surface area (Å²) in [5.74, 6) is -0.958. The summed E-state index contributed by atoms with van der Waals surface area (Å²) >= 11 is 0. The van der Waals surface area contributed by atoms with E-state index in [1.165, 1.54) is 12.1 Å². The van der Waals surface area contributed by atoms with Gasteiger partial charge in [0.1, 0.15) is 0 Å². The van der Waals surface area contributed by atoms with Crippen LogP contribution in [-0.2, 0) is 0 Å². The summed E-state index contributed by atoms with van der Waals surface area (Å²) in [5.41, 5.74) is -2.15. The molecular formula is C17H21F3N2O2. The number of carbonyl (C=O) groups excluding carboxylic acids is 1. The molecule has 0 aromatic heterocycles. The SMILES string of the molecule is CCCCCC1=NN(C(=O)c2ccc(C)cc2)[C@](O)(C(F)(F)F)C1. The molecule has 0 aliphatic carbocycles. The number of hydrogen-bond donors (Lipinski definition) is 1. The number of rotatable bonds is 5. The van der Waals surface area contributed by atoms with E-state index in [0.29, 0.717) is 12.8 Å². The summed E-state index contributed by atoms with van der Waals surface area (Å²) in [6.45, 7) is 3.79. The van der Waals surface area contributed by atoms with Crippen molar-refractivity contribution in [1.82, 2.24) is 5.01 Å². The molecule has 1 aromatic carbocycles. The fraction of sp³-hybridized carbons (Fsp3) is 0.529. The minimum atomic E-state index is -4.98. The Labute approximate surface area is 139 Å². The van der Waals surface area contributed by atoms with E-state index >= 15 is 0 Å². The van der Waals surface area contributed by atoms with Gasteiger partial charge in [0.25, 0.3) is 11.6 Å². The van der Waals surface area contributed by atoms with Crippen LogP contribution >= 0.6 is 0 Å². The van der Waals surface area contributed by atoms with Crippen LogP contribution in [0, 0.1) is 6.92 Å². The maximum absolute atomic E-state index is 13.4. The number of alkyl halides is 3. The number of nitrogens with zero attached hydrogens (tertiary/aromatic N) is 2. The molecule has 1 aromatic rings. The Balaban J connectivity index is 2.30. The molecular weight excluding hydrogens is 321 g/mol. The fourth-order valence-electron chi connectivity index (χ4n) is 2.59. The van der Waals surface area contributed by atoms with Crippen molar-refractivity contribution in [1.29, 1.82) is 0 Å². The van der Waals surface area contributed by atoms with E-state index in [-0.39, 0.29) is 16.3 Å². The lowest BCUT2D eigenvalue weighted by Crippen LogP contribution is -2.56. The number of unbranched alkanes of at least 4 members (excludes halogenated alkanes) is 2. The average Bonchev–Trinajstić information content (AvgIpc) is 2.85. The number of carbonyl (C=O) groups is 1. The van der Waals surface area contributed by atoms with Crippen molar-refractivity contribution in [3.8, 4) is 0 Å². The van der Waals surface area contributed by atoms with Gasteiger partial charge in [0, 0.05) is 17.7 Å². The largest absolute Gasteiger partial charge is 0.438 e. The van der Waals surface area contributed by atoms with Gasteiger partial charge in [-0.25, -0.2) is 0 Å². The third-order valence-corrected chi connectivity index (χ3v) is 4.06. The van der Waals surface area contributed by atoms with Crippen LogP contribution in [0.3, 0.4) is 0 Å². The molecule has 1 aliphatic heterocycles. The molecule has 7 heteroatoms. The standard InChI is InChI=1S/C17H21F3N2O2/c1-3-4-5-6-14-11-16(24,17(18,19)20)22(21-14)15(23)13-9-7-12(2)8-10-13/h7-10,24H,3-6,11H2,1-2H3/t16-/m1/s1. The zero-order valence-corrected chi connectivity index (χ0v) is 13.7. The summed E-state index contributed by atoms with van der Waals surface area (Å²) < 4.78 is 40.1. The van der Waals surface area contributed by atoms with E-state index in [1.54, 1.807) is 19.1 Å². The van der Waals surface area contributed by atoms with Gasteiger partial charge in [-0.3, -0.25) is 4.79 Å². The maximum Gasteiger partial charge on any atom is 0.438 e. The average molecular weight is 342 g/mol. The lowest BCUT2D eigenvalue weighted by Gasteiger charge is -2.32. The molecule has 24 heavy (non-hydrogen) atoms. The highest BCUT2D eigenvalue weighted by Crippen LogP contribution is 2.41. The normalized spacial score (nSPS) is 21.1. The van der Waals surface area contributed by atoms with Gasteiger partial charge in [-0.15, -0.1) is 0 Å². The van der Waals surface area contributed by atoms with Gasteiger partial charge in [-0.05, 0) is 31.9 Å². The summed E-state index contributed by atoms with van der Waals surface area (Å²) in [6.07, 6.45) is -2.89. The van der Waals surface area contributed by atoms with Crippen molar-refractivity contribution in [2.45, 2.75) is 57.9 Å². The van der Waals surface area contributed by atoms with Crippen molar-refractivity contribution in [3.63, 3.8) is 0 Å². The lowest BCUT2D eigenvalue weighted by atomic mass is 10.0. The molecule has 0 bridgehead atoms. The molecule has 0 radical (unpaired) electrons. The second-order valence-electron chi connectivity index (χ2n) is 6.10. The van der Waals surface area contributed by atoms with Crippen LogP contribution in [0.2, 0.25) is 0 Å². The van der Waals surface area contributed by atoms with Gasteiger partial charge in [-0.1, -0.05) is 37.5 Å². The highest BCUT2D eigenvalue weighted by molar-refractivity contribution is 5.98.